The second kappa shape index (κ2) is 6.74. The van der Waals surface area contributed by atoms with Crippen molar-refractivity contribution in [3.63, 3.8) is 0 Å². The number of hydrogen-bond donors (Lipinski definition) is 2. The van der Waals surface area contributed by atoms with Crippen LogP contribution in [0, 0.1) is 17.8 Å². The van der Waals surface area contributed by atoms with E-state index in [4.69, 9.17) is 0 Å². The number of hydrogen-bond acceptors (Lipinski definition) is 2. The predicted octanol–water partition coefficient (Wildman–Crippen LogP) is 2.71. The van der Waals surface area contributed by atoms with Crippen LogP contribution in [-0.4, -0.2) is 24.5 Å². The van der Waals surface area contributed by atoms with Crippen molar-refractivity contribution < 1.29 is 4.79 Å². The minimum Gasteiger partial charge on any atom is -0.354 e. The summed E-state index contributed by atoms with van der Waals surface area (Å²) in [5.74, 6) is 2.22. The van der Waals surface area contributed by atoms with Gasteiger partial charge in [-0.25, -0.2) is 0 Å². The summed E-state index contributed by atoms with van der Waals surface area (Å²) in [6.07, 6.45) is 7.57. The van der Waals surface area contributed by atoms with Crippen molar-refractivity contribution in [2.24, 2.45) is 17.8 Å². The molecule has 1 aliphatic heterocycles. The van der Waals surface area contributed by atoms with Crippen LogP contribution in [0.1, 0.15) is 59.3 Å². The Hall–Kier alpha value is -0.570. The molecule has 1 saturated heterocycles. The zero-order valence-electron chi connectivity index (χ0n) is 12.7. The Morgan fingerprint density at radius 1 is 1.16 bits per heavy atom. The molecule has 0 aromatic heterocycles. The van der Waals surface area contributed by atoms with Crippen LogP contribution in [0.2, 0.25) is 0 Å². The molecule has 1 heterocycles. The third-order valence-corrected chi connectivity index (χ3v) is 5.20. The summed E-state index contributed by atoms with van der Waals surface area (Å²) in [6.45, 7) is 7.43. The largest absolute Gasteiger partial charge is 0.354 e. The Kier molecular flexibility index (Phi) is 5.26. The number of carbonyl (C=O) groups excluding carboxylic acids is 1. The molecule has 0 radical (unpaired) electrons. The van der Waals surface area contributed by atoms with Crippen molar-refractivity contribution in [3.05, 3.63) is 0 Å². The average molecular weight is 266 g/mol. The summed E-state index contributed by atoms with van der Waals surface area (Å²) in [6, 6.07) is 0.652. The first-order valence-corrected chi connectivity index (χ1v) is 8.11. The second-order valence-electron chi connectivity index (χ2n) is 6.91. The van der Waals surface area contributed by atoms with Gasteiger partial charge >= 0.3 is 0 Å². The van der Waals surface area contributed by atoms with Crippen LogP contribution in [0.3, 0.4) is 0 Å². The third-order valence-electron chi connectivity index (χ3n) is 5.20. The Morgan fingerprint density at radius 3 is 2.63 bits per heavy atom. The van der Waals surface area contributed by atoms with Gasteiger partial charge in [0.25, 0.3) is 0 Å². The number of piperidine rings is 1. The Labute approximate surface area is 117 Å². The van der Waals surface area contributed by atoms with Crippen molar-refractivity contribution in [3.8, 4) is 0 Å². The molecule has 0 spiro atoms. The van der Waals surface area contributed by atoms with E-state index in [1.54, 1.807) is 0 Å². The lowest BCUT2D eigenvalue weighted by atomic mass is 9.77. The van der Waals surface area contributed by atoms with E-state index in [1.165, 1.54) is 32.1 Å². The van der Waals surface area contributed by atoms with Gasteiger partial charge in [-0.15, -0.1) is 0 Å². The van der Waals surface area contributed by atoms with E-state index >= 15 is 0 Å². The van der Waals surface area contributed by atoms with Gasteiger partial charge in [0.05, 0.1) is 6.04 Å². The highest BCUT2D eigenvalue weighted by atomic mass is 16.2. The van der Waals surface area contributed by atoms with Crippen LogP contribution >= 0.6 is 0 Å². The van der Waals surface area contributed by atoms with Gasteiger partial charge in [-0.2, -0.15) is 0 Å². The lowest BCUT2D eigenvalue weighted by molar-refractivity contribution is -0.124. The number of fused-ring (bicyclic) bond motifs is 1. The van der Waals surface area contributed by atoms with Gasteiger partial charge in [-0.3, -0.25) is 4.79 Å². The fourth-order valence-corrected chi connectivity index (χ4v) is 3.32. The van der Waals surface area contributed by atoms with Crippen LogP contribution < -0.4 is 10.6 Å². The Balaban J connectivity index is 1.77. The summed E-state index contributed by atoms with van der Waals surface area (Å²) < 4.78 is 0. The lowest BCUT2D eigenvalue weighted by Gasteiger charge is -2.40. The van der Waals surface area contributed by atoms with Crippen molar-refractivity contribution in [2.45, 2.75) is 71.4 Å². The molecule has 2 N–H and O–H groups in total. The van der Waals surface area contributed by atoms with Crippen molar-refractivity contribution in [1.29, 1.82) is 0 Å². The molecule has 1 saturated carbocycles. The first-order valence-electron chi connectivity index (χ1n) is 8.11. The van der Waals surface area contributed by atoms with E-state index < -0.39 is 0 Å². The summed E-state index contributed by atoms with van der Waals surface area (Å²) in [7, 11) is 0. The van der Waals surface area contributed by atoms with Crippen LogP contribution in [0.15, 0.2) is 0 Å². The summed E-state index contributed by atoms with van der Waals surface area (Å²) in [5, 5.41) is 6.72. The molecule has 1 amide bonds. The maximum absolute atomic E-state index is 12.2. The molecule has 0 aromatic carbocycles. The highest BCUT2D eigenvalue weighted by Gasteiger charge is 2.34. The highest BCUT2D eigenvalue weighted by molar-refractivity contribution is 5.81. The fraction of sp³-hybridized carbons (Fsp3) is 0.938. The van der Waals surface area contributed by atoms with Gasteiger partial charge in [0.15, 0.2) is 0 Å². The normalized spacial score (nSPS) is 32.7. The van der Waals surface area contributed by atoms with Crippen LogP contribution in [0.5, 0.6) is 0 Å². The predicted molar refractivity (Wildman–Crippen MR) is 78.9 cm³/mol. The molecule has 3 nitrogen and oxygen atoms in total. The molecular weight excluding hydrogens is 236 g/mol. The molecule has 3 heteroatoms. The zero-order valence-corrected chi connectivity index (χ0v) is 12.7. The standard InChI is InChI=1S/C16H30N2O/c1-11(2)12(3)10-17-16(19)15-9-8-13-6-4-5-7-14(13)18-15/h11-15,18H,4-10H2,1-3H3,(H,17,19). The quantitative estimate of drug-likeness (QED) is 0.821. The monoisotopic (exact) mass is 266 g/mol. The number of amides is 1. The maximum Gasteiger partial charge on any atom is 0.237 e. The average Bonchev–Trinajstić information content (AvgIpc) is 2.43. The molecule has 110 valence electrons. The van der Waals surface area contributed by atoms with E-state index in [0.29, 0.717) is 17.9 Å². The minimum atomic E-state index is 0.0544. The Morgan fingerprint density at radius 2 is 1.89 bits per heavy atom. The third kappa shape index (κ3) is 3.95. The van der Waals surface area contributed by atoms with Gasteiger partial charge < -0.3 is 10.6 Å². The molecule has 1 aliphatic carbocycles. The van der Waals surface area contributed by atoms with Gasteiger partial charge in [0, 0.05) is 12.6 Å². The maximum atomic E-state index is 12.2. The molecule has 0 bridgehead atoms. The number of carbonyl (C=O) groups is 1. The topological polar surface area (TPSA) is 41.1 Å². The van der Waals surface area contributed by atoms with Crippen LogP contribution in [-0.2, 0) is 4.79 Å². The molecule has 19 heavy (non-hydrogen) atoms. The van der Waals surface area contributed by atoms with Crippen LogP contribution in [0.4, 0.5) is 0 Å². The first-order chi connectivity index (χ1) is 9.08. The summed E-state index contributed by atoms with van der Waals surface area (Å²) in [4.78, 5) is 12.2. The summed E-state index contributed by atoms with van der Waals surface area (Å²) >= 11 is 0. The SMILES string of the molecule is CC(C)C(C)CNC(=O)C1CCC2CCCCC2N1. The minimum absolute atomic E-state index is 0.0544. The second-order valence-corrected chi connectivity index (χ2v) is 6.91. The van der Waals surface area contributed by atoms with Crippen molar-refractivity contribution in [2.75, 3.05) is 6.54 Å². The Bertz CT molecular complexity index is 303. The summed E-state index contributed by atoms with van der Waals surface area (Å²) in [5.41, 5.74) is 0. The molecule has 2 rings (SSSR count). The molecule has 2 fully saturated rings. The van der Waals surface area contributed by atoms with E-state index in [9.17, 15) is 4.79 Å². The highest BCUT2D eigenvalue weighted by Crippen LogP contribution is 2.32. The van der Waals surface area contributed by atoms with E-state index in [-0.39, 0.29) is 11.9 Å². The van der Waals surface area contributed by atoms with Gasteiger partial charge in [0.2, 0.25) is 5.91 Å². The molecule has 2 aliphatic rings. The lowest BCUT2D eigenvalue weighted by Crippen LogP contribution is -2.55. The van der Waals surface area contributed by atoms with Crippen molar-refractivity contribution in [1.82, 2.24) is 10.6 Å². The van der Waals surface area contributed by atoms with Gasteiger partial charge in [0.1, 0.15) is 0 Å². The molecule has 0 aromatic rings. The van der Waals surface area contributed by atoms with Crippen LogP contribution in [0.25, 0.3) is 0 Å². The molecule has 4 unspecified atom stereocenters. The first kappa shape index (κ1) is 14.8. The number of rotatable bonds is 4. The fourth-order valence-electron chi connectivity index (χ4n) is 3.32. The number of nitrogens with one attached hydrogen (secondary N) is 2. The van der Waals surface area contributed by atoms with E-state index in [0.717, 1.165) is 18.9 Å². The smallest absolute Gasteiger partial charge is 0.237 e. The molecule has 4 atom stereocenters. The van der Waals surface area contributed by atoms with Gasteiger partial charge in [-0.1, -0.05) is 33.6 Å². The molecular formula is C16H30N2O. The van der Waals surface area contributed by atoms with E-state index in [1.807, 2.05) is 0 Å². The van der Waals surface area contributed by atoms with E-state index in [2.05, 4.69) is 31.4 Å². The van der Waals surface area contributed by atoms with Crippen molar-refractivity contribution >= 4 is 5.91 Å². The van der Waals surface area contributed by atoms with Gasteiger partial charge in [-0.05, 0) is 43.4 Å². The zero-order chi connectivity index (χ0) is 13.8.